The van der Waals surface area contributed by atoms with E-state index in [1.165, 1.54) is 19.3 Å². The first-order valence-electron chi connectivity index (χ1n) is 8.32. The fraction of sp³-hybridized carbons (Fsp3) is 0.875. The number of aliphatic carboxylic acids is 1. The molecule has 0 aromatic heterocycles. The quantitative estimate of drug-likeness (QED) is 0.737. The third kappa shape index (κ3) is 2.93. The van der Waals surface area contributed by atoms with Gasteiger partial charge >= 0.3 is 5.97 Å². The molecule has 21 heavy (non-hydrogen) atoms. The molecule has 5 nitrogen and oxygen atoms in total. The highest BCUT2D eigenvalue weighted by Crippen LogP contribution is 2.40. The summed E-state index contributed by atoms with van der Waals surface area (Å²) in [5.74, 6) is -0.248. The van der Waals surface area contributed by atoms with Gasteiger partial charge in [-0.15, -0.1) is 0 Å². The van der Waals surface area contributed by atoms with E-state index in [0.29, 0.717) is 12.0 Å². The second-order valence-corrected chi connectivity index (χ2v) is 7.22. The molecule has 1 amide bonds. The molecule has 3 aliphatic rings. The van der Waals surface area contributed by atoms with Crippen LogP contribution in [0.5, 0.6) is 0 Å². The number of fused-ring (bicyclic) bond motifs is 1. The van der Waals surface area contributed by atoms with Gasteiger partial charge in [-0.05, 0) is 57.3 Å². The largest absolute Gasteiger partial charge is 0.480 e. The average molecular weight is 294 g/mol. The molecule has 4 atom stereocenters. The van der Waals surface area contributed by atoms with Crippen molar-refractivity contribution in [2.45, 2.75) is 75.9 Å². The van der Waals surface area contributed by atoms with Crippen LogP contribution in [0.4, 0.5) is 0 Å². The lowest BCUT2D eigenvalue weighted by Gasteiger charge is -2.40. The predicted molar refractivity (Wildman–Crippen MR) is 78.8 cm³/mol. The zero-order chi connectivity index (χ0) is 15.0. The maximum absolute atomic E-state index is 12.5. The number of piperidine rings is 1. The maximum Gasteiger partial charge on any atom is 0.329 e. The summed E-state index contributed by atoms with van der Waals surface area (Å²) in [6, 6.07) is 0.224. The van der Waals surface area contributed by atoms with E-state index in [4.69, 9.17) is 0 Å². The summed E-state index contributed by atoms with van der Waals surface area (Å²) in [5, 5.41) is 15.7. The van der Waals surface area contributed by atoms with E-state index in [9.17, 15) is 14.7 Å². The number of carbonyl (C=O) groups excluding carboxylic acids is 1. The number of carboxylic acid groups (broad SMARTS) is 1. The van der Waals surface area contributed by atoms with Gasteiger partial charge in [-0.1, -0.05) is 12.8 Å². The molecule has 3 fully saturated rings. The molecular formula is C16H26N2O3. The molecule has 1 saturated heterocycles. The highest BCUT2D eigenvalue weighted by Gasteiger charge is 2.49. The van der Waals surface area contributed by atoms with Crippen LogP contribution in [-0.2, 0) is 9.59 Å². The molecule has 1 heterocycles. The second kappa shape index (κ2) is 5.59. The van der Waals surface area contributed by atoms with Crippen LogP contribution < -0.4 is 10.6 Å². The van der Waals surface area contributed by atoms with E-state index in [-0.39, 0.29) is 17.9 Å². The molecule has 5 heteroatoms. The van der Waals surface area contributed by atoms with Crippen molar-refractivity contribution in [3.8, 4) is 0 Å². The van der Waals surface area contributed by atoms with Crippen molar-refractivity contribution in [1.29, 1.82) is 0 Å². The van der Waals surface area contributed by atoms with Crippen LogP contribution in [0.2, 0.25) is 0 Å². The van der Waals surface area contributed by atoms with Gasteiger partial charge in [0.25, 0.3) is 0 Å². The lowest BCUT2D eigenvalue weighted by Crippen LogP contribution is -2.61. The number of nitrogens with one attached hydrogen (secondary N) is 2. The molecule has 3 N–H and O–H groups in total. The molecule has 1 aliphatic heterocycles. The monoisotopic (exact) mass is 294 g/mol. The van der Waals surface area contributed by atoms with Crippen molar-refractivity contribution in [3.63, 3.8) is 0 Å². The molecule has 0 radical (unpaired) electrons. The predicted octanol–water partition coefficient (Wildman–Crippen LogP) is 1.67. The minimum atomic E-state index is -1.10. The summed E-state index contributed by atoms with van der Waals surface area (Å²) in [5.41, 5.74) is -1.10. The van der Waals surface area contributed by atoms with Gasteiger partial charge in [0, 0.05) is 6.04 Å². The van der Waals surface area contributed by atoms with Crippen molar-refractivity contribution in [2.24, 2.45) is 11.8 Å². The molecule has 0 aromatic carbocycles. The van der Waals surface area contributed by atoms with Crippen LogP contribution in [0.3, 0.4) is 0 Å². The van der Waals surface area contributed by atoms with E-state index in [1.807, 2.05) is 0 Å². The van der Waals surface area contributed by atoms with Gasteiger partial charge in [-0.2, -0.15) is 0 Å². The van der Waals surface area contributed by atoms with Gasteiger partial charge in [0.15, 0.2) is 0 Å². The third-order valence-corrected chi connectivity index (χ3v) is 5.69. The molecule has 2 saturated carbocycles. The minimum Gasteiger partial charge on any atom is -0.480 e. The fourth-order valence-corrected chi connectivity index (χ4v) is 4.04. The number of rotatable bonds is 4. The lowest BCUT2D eigenvalue weighted by atomic mass is 9.77. The number of carbonyl (C=O) groups is 2. The third-order valence-electron chi connectivity index (χ3n) is 5.69. The fourth-order valence-electron chi connectivity index (χ4n) is 4.04. The summed E-state index contributed by atoms with van der Waals surface area (Å²) in [7, 11) is 0. The van der Waals surface area contributed by atoms with Crippen molar-refractivity contribution >= 4 is 11.9 Å². The Bertz CT molecular complexity index is 435. The van der Waals surface area contributed by atoms with Crippen molar-refractivity contribution in [3.05, 3.63) is 0 Å². The second-order valence-electron chi connectivity index (χ2n) is 7.22. The molecule has 2 aliphatic carbocycles. The van der Waals surface area contributed by atoms with Gasteiger partial charge < -0.3 is 15.7 Å². The van der Waals surface area contributed by atoms with Crippen molar-refractivity contribution < 1.29 is 14.7 Å². The Morgan fingerprint density at radius 1 is 1.10 bits per heavy atom. The zero-order valence-corrected chi connectivity index (χ0v) is 12.7. The summed E-state index contributed by atoms with van der Waals surface area (Å²) < 4.78 is 0. The number of hydrogen-bond donors (Lipinski definition) is 3. The number of amides is 1. The Morgan fingerprint density at radius 2 is 1.81 bits per heavy atom. The van der Waals surface area contributed by atoms with Crippen LogP contribution in [-0.4, -0.2) is 34.6 Å². The SMILES string of the molecule is CC(NC(=O)C1CCC2CCCCC2N1)(C(=O)O)C1CC1. The standard InChI is InChI=1S/C16H26N2O3/c1-16(15(20)21,11-7-8-11)18-14(19)13-9-6-10-4-2-3-5-12(10)17-13/h10-13,17H,2-9H2,1H3,(H,18,19)(H,20,21). The van der Waals surface area contributed by atoms with Gasteiger partial charge in [0.1, 0.15) is 5.54 Å². The molecular weight excluding hydrogens is 268 g/mol. The molecule has 0 spiro atoms. The number of hydrogen-bond acceptors (Lipinski definition) is 3. The maximum atomic E-state index is 12.5. The van der Waals surface area contributed by atoms with E-state index < -0.39 is 11.5 Å². The molecule has 0 aromatic rings. The molecule has 118 valence electrons. The van der Waals surface area contributed by atoms with E-state index in [2.05, 4.69) is 10.6 Å². The summed E-state index contributed by atoms with van der Waals surface area (Å²) in [6.45, 7) is 1.65. The van der Waals surface area contributed by atoms with Crippen LogP contribution in [0.1, 0.15) is 58.3 Å². The van der Waals surface area contributed by atoms with Crippen LogP contribution in [0.15, 0.2) is 0 Å². The van der Waals surface area contributed by atoms with Gasteiger partial charge in [-0.3, -0.25) is 4.79 Å². The summed E-state index contributed by atoms with van der Waals surface area (Å²) in [4.78, 5) is 24.0. The first kappa shape index (κ1) is 14.8. The van der Waals surface area contributed by atoms with E-state index in [0.717, 1.165) is 32.1 Å². The normalized spacial score (nSPS) is 35.4. The Labute approximate surface area is 125 Å². The Balaban J connectivity index is 1.61. The Kier molecular flexibility index (Phi) is 3.95. The van der Waals surface area contributed by atoms with Crippen LogP contribution in [0.25, 0.3) is 0 Å². The topological polar surface area (TPSA) is 78.4 Å². The van der Waals surface area contributed by atoms with Crippen LogP contribution >= 0.6 is 0 Å². The Morgan fingerprint density at radius 3 is 2.48 bits per heavy atom. The first-order chi connectivity index (χ1) is 10.0. The summed E-state index contributed by atoms with van der Waals surface area (Å²) >= 11 is 0. The smallest absolute Gasteiger partial charge is 0.329 e. The Hall–Kier alpha value is -1.10. The molecule has 3 rings (SSSR count). The molecule has 4 unspecified atom stereocenters. The van der Waals surface area contributed by atoms with Gasteiger partial charge in [0.05, 0.1) is 6.04 Å². The van der Waals surface area contributed by atoms with Crippen LogP contribution in [0, 0.1) is 11.8 Å². The lowest BCUT2D eigenvalue weighted by molar-refractivity contribution is -0.148. The first-order valence-corrected chi connectivity index (χ1v) is 8.32. The van der Waals surface area contributed by atoms with Crippen molar-refractivity contribution in [2.75, 3.05) is 0 Å². The highest BCUT2D eigenvalue weighted by atomic mass is 16.4. The van der Waals surface area contributed by atoms with Crippen molar-refractivity contribution in [1.82, 2.24) is 10.6 Å². The van der Waals surface area contributed by atoms with Gasteiger partial charge in [0.2, 0.25) is 5.91 Å². The highest BCUT2D eigenvalue weighted by molar-refractivity contribution is 5.90. The average Bonchev–Trinajstić information content (AvgIpc) is 3.31. The van der Waals surface area contributed by atoms with Gasteiger partial charge in [-0.25, -0.2) is 4.79 Å². The zero-order valence-electron chi connectivity index (χ0n) is 12.7. The van der Waals surface area contributed by atoms with E-state index >= 15 is 0 Å². The molecule has 0 bridgehead atoms. The van der Waals surface area contributed by atoms with E-state index in [1.54, 1.807) is 6.92 Å². The minimum absolute atomic E-state index is 0.0879. The summed E-state index contributed by atoms with van der Waals surface area (Å²) in [6.07, 6.45) is 8.65. The number of carboxylic acids is 1.